The number of nitrogens with one attached hydrogen (secondary N) is 1. The summed E-state index contributed by atoms with van der Waals surface area (Å²) in [6.45, 7) is 4.27. The molecule has 0 bridgehead atoms. The van der Waals surface area contributed by atoms with Crippen LogP contribution in [0.2, 0.25) is 0 Å². The zero-order chi connectivity index (χ0) is 14.5. The number of hydrogen-bond acceptors (Lipinski definition) is 4. The third kappa shape index (κ3) is 3.49. The fourth-order valence-corrected chi connectivity index (χ4v) is 2.62. The van der Waals surface area contributed by atoms with Gasteiger partial charge in [0, 0.05) is 31.5 Å². The normalized spacial score (nSPS) is 18.6. The summed E-state index contributed by atoms with van der Waals surface area (Å²) in [5, 5.41) is 0. The van der Waals surface area contributed by atoms with Gasteiger partial charge in [-0.1, -0.05) is 0 Å². The van der Waals surface area contributed by atoms with Crippen molar-refractivity contribution in [2.75, 3.05) is 32.2 Å². The molecular weight excluding hydrogens is 254 g/mol. The Hall–Kier alpha value is -1.59. The van der Waals surface area contributed by atoms with Gasteiger partial charge in [-0.25, -0.2) is 0 Å². The molecular formula is C15H23N3O2. The highest BCUT2D eigenvalue weighted by Crippen LogP contribution is 2.18. The van der Waals surface area contributed by atoms with E-state index in [-0.39, 0.29) is 5.91 Å². The predicted octanol–water partition coefficient (Wildman–Crippen LogP) is 1.78. The maximum atomic E-state index is 12.5. The van der Waals surface area contributed by atoms with Gasteiger partial charge in [0.2, 0.25) is 0 Å². The van der Waals surface area contributed by atoms with Crippen LogP contribution in [-0.4, -0.2) is 37.6 Å². The number of rotatable bonds is 4. The molecule has 1 aliphatic rings. The quantitative estimate of drug-likeness (QED) is 0.650. The van der Waals surface area contributed by atoms with Gasteiger partial charge in [0.1, 0.15) is 0 Å². The lowest BCUT2D eigenvalue weighted by atomic mass is 10.0. The number of nitrogens with two attached hydrogens (primary N) is 1. The Bertz CT molecular complexity index is 470. The smallest absolute Gasteiger partial charge is 0.253 e. The van der Waals surface area contributed by atoms with Crippen LogP contribution in [0.1, 0.15) is 28.8 Å². The van der Waals surface area contributed by atoms with Gasteiger partial charge in [-0.3, -0.25) is 10.6 Å². The largest absolute Gasteiger partial charge is 0.381 e. The van der Waals surface area contributed by atoms with E-state index in [1.54, 1.807) is 4.90 Å². The molecule has 5 nitrogen and oxygen atoms in total. The zero-order valence-corrected chi connectivity index (χ0v) is 12.2. The van der Waals surface area contributed by atoms with Crippen LogP contribution in [0, 0.1) is 12.8 Å². The van der Waals surface area contributed by atoms with E-state index in [1.807, 2.05) is 32.2 Å². The summed E-state index contributed by atoms with van der Waals surface area (Å²) in [7, 11) is 1.85. The van der Waals surface area contributed by atoms with E-state index in [1.165, 1.54) is 0 Å². The van der Waals surface area contributed by atoms with Crippen molar-refractivity contribution in [3.63, 3.8) is 0 Å². The Balaban J connectivity index is 2.02. The summed E-state index contributed by atoms with van der Waals surface area (Å²) in [6, 6.07) is 5.52. The molecule has 0 saturated carbocycles. The number of nitrogen functional groups attached to an aromatic ring is 1. The highest BCUT2D eigenvalue weighted by atomic mass is 16.5. The van der Waals surface area contributed by atoms with Crippen LogP contribution in [0.5, 0.6) is 0 Å². The van der Waals surface area contributed by atoms with Crippen molar-refractivity contribution in [1.29, 1.82) is 0 Å². The Kier molecular flexibility index (Phi) is 4.98. The molecule has 0 aromatic heterocycles. The molecule has 5 heteroatoms. The maximum Gasteiger partial charge on any atom is 0.253 e. The lowest BCUT2D eigenvalue weighted by Crippen LogP contribution is -2.35. The number of anilines is 1. The van der Waals surface area contributed by atoms with E-state index in [2.05, 4.69) is 5.43 Å². The molecule has 1 unspecified atom stereocenters. The van der Waals surface area contributed by atoms with Crippen molar-refractivity contribution >= 4 is 11.6 Å². The summed E-state index contributed by atoms with van der Waals surface area (Å²) in [4.78, 5) is 14.3. The van der Waals surface area contributed by atoms with Crippen LogP contribution in [0.3, 0.4) is 0 Å². The summed E-state index contributed by atoms with van der Waals surface area (Å²) in [6.07, 6.45) is 2.22. The first-order valence-electron chi connectivity index (χ1n) is 7.02. The monoisotopic (exact) mass is 277 g/mol. The molecule has 20 heavy (non-hydrogen) atoms. The van der Waals surface area contributed by atoms with Gasteiger partial charge >= 0.3 is 0 Å². The summed E-state index contributed by atoms with van der Waals surface area (Å²) < 4.78 is 5.46. The minimum Gasteiger partial charge on any atom is -0.381 e. The Morgan fingerprint density at radius 3 is 2.95 bits per heavy atom. The predicted molar refractivity (Wildman–Crippen MR) is 79.5 cm³/mol. The van der Waals surface area contributed by atoms with Gasteiger partial charge in [-0.2, -0.15) is 0 Å². The van der Waals surface area contributed by atoms with E-state index in [9.17, 15) is 4.79 Å². The van der Waals surface area contributed by atoms with Crippen molar-refractivity contribution in [1.82, 2.24) is 4.90 Å². The second kappa shape index (κ2) is 6.72. The zero-order valence-electron chi connectivity index (χ0n) is 12.2. The minimum atomic E-state index is 0.0524. The van der Waals surface area contributed by atoms with Crippen LogP contribution >= 0.6 is 0 Å². The third-order valence-corrected chi connectivity index (χ3v) is 3.76. The number of hydrazine groups is 1. The molecule has 1 aliphatic heterocycles. The highest BCUT2D eigenvalue weighted by molar-refractivity contribution is 5.95. The Labute approximate surface area is 120 Å². The van der Waals surface area contributed by atoms with E-state index in [0.29, 0.717) is 5.92 Å². The number of ether oxygens (including phenoxy) is 1. The van der Waals surface area contributed by atoms with Crippen molar-refractivity contribution in [3.05, 3.63) is 29.3 Å². The van der Waals surface area contributed by atoms with Crippen molar-refractivity contribution in [3.8, 4) is 0 Å². The molecule has 0 radical (unpaired) electrons. The van der Waals surface area contributed by atoms with Crippen molar-refractivity contribution in [2.24, 2.45) is 11.8 Å². The summed E-state index contributed by atoms with van der Waals surface area (Å²) in [5.74, 6) is 5.87. The van der Waals surface area contributed by atoms with E-state index in [4.69, 9.17) is 10.6 Å². The fourth-order valence-electron chi connectivity index (χ4n) is 2.62. The standard InChI is InChI=1S/C15H23N3O2/c1-11-8-13(17-16)5-6-14(11)15(19)18(2)9-12-4-3-7-20-10-12/h5-6,8,12,17H,3-4,7,9-10,16H2,1-2H3. The lowest BCUT2D eigenvalue weighted by Gasteiger charge is -2.27. The molecule has 1 amide bonds. The molecule has 1 atom stereocenters. The van der Waals surface area contributed by atoms with Crippen LogP contribution in [0.15, 0.2) is 18.2 Å². The number of carbonyl (C=O) groups is 1. The van der Waals surface area contributed by atoms with Crippen LogP contribution in [-0.2, 0) is 4.74 Å². The molecule has 110 valence electrons. The number of benzene rings is 1. The third-order valence-electron chi connectivity index (χ3n) is 3.76. The maximum absolute atomic E-state index is 12.5. The number of amides is 1. The number of nitrogens with zero attached hydrogens (tertiary/aromatic N) is 1. The molecule has 1 heterocycles. The van der Waals surface area contributed by atoms with Crippen LogP contribution in [0.25, 0.3) is 0 Å². The Morgan fingerprint density at radius 1 is 1.55 bits per heavy atom. The van der Waals surface area contributed by atoms with Gasteiger partial charge in [0.25, 0.3) is 5.91 Å². The topological polar surface area (TPSA) is 67.6 Å². The van der Waals surface area contributed by atoms with Crippen molar-refractivity contribution in [2.45, 2.75) is 19.8 Å². The van der Waals surface area contributed by atoms with Crippen LogP contribution in [0.4, 0.5) is 5.69 Å². The first-order valence-corrected chi connectivity index (χ1v) is 7.02. The van der Waals surface area contributed by atoms with Gasteiger partial charge < -0.3 is 15.1 Å². The van der Waals surface area contributed by atoms with Gasteiger partial charge in [0.15, 0.2) is 0 Å². The molecule has 1 saturated heterocycles. The molecule has 2 rings (SSSR count). The van der Waals surface area contributed by atoms with E-state index in [0.717, 1.165) is 49.4 Å². The average Bonchev–Trinajstić information content (AvgIpc) is 2.47. The van der Waals surface area contributed by atoms with Crippen molar-refractivity contribution < 1.29 is 9.53 Å². The van der Waals surface area contributed by atoms with E-state index >= 15 is 0 Å². The molecule has 3 N–H and O–H groups in total. The molecule has 1 fully saturated rings. The van der Waals surface area contributed by atoms with Crippen LogP contribution < -0.4 is 11.3 Å². The number of carbonyl (C=O) groups excluding carboxylic acids is 1. The molecule has 1 aromatic rings. The fraction of sp³-hybridized carbons (Fsp3) is 0.533. The molecule has 0 aliphatic carbocycles. The minimum absolute atomic E-state index is 0.0524. The second-order valence-corrected chi connectivity index (χ2v) is 5.44. The van der Waals surface area contributed by atoms with Gasteiger partial charge in [-0.15, -0.1) is 0 Å². The first-order chi connectivity index (χ1) is 9.61. The van der Waals surface area contributed by atoms with Gasteiger partial charge in [0.05, 0.1) is 6.61 Å². The summed E-state index contributed by atoms with van der Waals surface area (Å²) >= 11 is 0. The SMILES string of the molecule is Cc1cc(NN)ccc1C(=O)N(C)CC1CCCOC1. The highest BCUT2D eigenvalue weighted by Gasteiger charge is 2.20. The van der Waals surface area contributed by atoms with E-state index < -0.39 is 0 Å². The lowest BCUT2D eigenvalue weighted by molar-refractivity contribution is 0.0388. The first kappa shape index (κ1) is 14.8. The average molecular weight is 277 g/mol. The molecule has 1 aromatic carbocycles. The number of hydrogen-bond donors (Lipinski definition) is 2. The molecule has 0 spiro atoms. The number of aryl methyl sites for hydroxylation is 1. The van der Waals surface area contributed by atoms with Gasteiger partial charge in [-0.05, 0) is 49.4 Å². The second-order valence-electron chi connectivity index (χ2n) is 5.44. The Morgan fingerprint density at radius 2 is 2.35 bits per heavy atom. The summed E-state index contributed by atoms with van der Waals surface area (Å²) in [5.41, 5.74) is 5.05.